The Morgan fingerprint density at radius 2 is 1.36 bits per heavy atom. The van der Waals surface area contributed by atoms with Crippen LogP contribution in [0.2, 0.25) is 0 Å². The molecule has 0 aliphatic rings. The fourth-order valence-electron chi connectivity index (χ4n) is 5.27. The number of amides is 2. The number of aromatic nitrogens is 1. The quantitative estimate of drug-likeness (QED) is 0.0954. The van der Waals surface area contributed by atoms with E-state index in [0.717, 1.165) is 23.4 Å². The summed E-state index contributed by atoms with van der Waals surface area (Å²) in [7, 11) is 1.89. The maximum Gasteiger partial charge on any atom is 0.267 e. The van der Waals surface area contributed by atoms with Crippen molar-refractivity contribution in [3.8, 4) is 11.5 Å². The molecule has 248 valence electrons. The molecule has 2 amide bonds. The molecule has 2 aromatic rings. The highest BCUT2D eigenvalue weighted by atomic mass is 127. The first-order valence-corrected chi connectivity index (χ1v) is 16.8. The van der Waals surface area contributed by atoms with Gasteiger partial charge in [-0.05, 0) is 30.0 Å². The van der Waals surface area contributed by atoms with Crippen molar-refractivity contribution in [1.29, 1.82) is 0 Å². The van der Waals surface area contributed by atoms with Gasteiger partial charge in [0.1, 0.15) is 25.1 Å². The summed E-state index contributed by atoms with van der Waals surface area (Å²) in [5.74, 6) is 0.783. The van der Waals surface area contributed by atoms with Gasteiger partial charge in [-0.25, -0.2) is 4.57 Å². The normalized spacial score (nSPS) is 11.1. The van der Waals surface area contributed by atoms with E-state index >= 15 is 0 Å². The molecule has 1 aromatic heterocycles. The Morgan fingerprint density at radius 1 is 0.795 bits per heavy atom. The van der Waals surface area contributed by atoms with Gasteiger partial charge < -0.3 is 33.5 Å². The zero-order valence-electron chi connectivity index (χ0n) is 28.5. The highest BCUT2D eigenvalue weighted by molar-refractivity contribution is 5.94. The zero-order valence-corrected chi connectivity index (χ0v) is 30.6. The SMILES string of the molecule is CCCCCCCCCCCCCCCCOc1ccc(OCC(=O)N(Cc2cccc[n+]2C)C(C)=O)cc1C(C)(C)C.[I-]. The topological polar surface area (TPSA) is 59.7 Å². The Kier molecular flexibility index (Phi) is 20.3. The number of imide groups is 1. The van der Waals surface area contributed by atoms with Crippen LogP contribution in [0.3, 0.4) is 0 Å². The van der Waals surface area contributed by atoms with E-state index in [2.05, 4.69) is 27.7 Å². The smallest absolute Gasteiger partial charge is 0.267 e. The van der Waals surface area contributed by atoms with Crippen molar-refractivity contribution in [2.45, 2.75) is 136 Å². The molecule has 0 spiro atoms. The first-order valence-electron chi connectivity index (χ1n) is 16.8. The van der Waals surface area contributed by atoms with Crippen molar-refractivity contribution in [2.24, 2.45) is 7.05 Å². The van der Waals surface area contributed by atoms with Crippen molar-refractivity contribution in [3.05, 3.63) is 53.9 Å². The van der Waals surface area contributed by atoms with Crippen LogP contribution in [0.5, 0.6) is 11.5 Å². The Labute approximate surface area is 285 Å². The first-order chi connectivity index (χ1) is 20.6. The second-order valence-electron chi connectivity index (χ2n) is 12.9. The van der Waals surface area contributed by atoms with Crippen LogP contribution in [0.1, 0.15) is 136 Å². The van der Waals surface area contributed by atoms with E-state index in [4.69, 9.17) is 9.47 Å². The summed E-state index contributed by atoms with van der Waals surface area (Å²) in [6.45, 7) is 10.8. The summed E-state index contributed by atoms with van der Waals surface area (Å²) >= 11 is 0. The molecule has 0 fully saturated rings. The van der Waals surface area contributed by atoms with Crippen LogP contribution in [-0.4, -0.2) is 29.9 Å². The Hall–Kier alpha value is -2.16. The Bertz CT molecular complexity index is 1100. The number of unbranched alkanes of at least 4 members (excludes halogenated alkanes) is 13. The summed E-state index contributed by atoms with van der Waals surface area (Å²) < 4.78 is 14.0. The average molecular weight is 723 g/mol. The van der Waals surface area contributed by atoms with E-state index in [9.17, 15) is 9.59 Å². The lowest BCUT2D eigenvalue weighted by molar-refractivity contribution is -0.679. The van der Waals surface area contributed by atoms with Crippen LogP contribution in [0, 0.1) is 0 Å². The van der Waals surface area contributed by atoms with Gasteiger partial charge in [0.25, 0.3) is 5.91 Å². The highest BCUT2D eigenvalue weighted by Crippen LogP contribution is 2.34. The maximum atomic E-state index is 12.9. The molecule has 2 rings (SSSR count). The van der Waals surface area contributed by atoms with E-state index in [0.29, 0.717) is 12.4 Å². The third-order valence-corrected chi connectivity index (χ3v) is 8.04. The molecule has 0 N–H and O–H groups in total. The van der Waals surface area contributed by atoms with Crippen molar-refractivity contribution in [2.75, 3.05) is 13.2 Å². The molecule has 0 radical (unpaired) electrons. The predicted molar refractivity (Wildman–Crippen MR) is 175 cm³/mol. The number of pyridine rings is 1. The number of carbonyl (C=O) groups is 2. The van der Waals surface area contributed by atoms with Crippen LogP contribution < -0.4 is 38.0 Å². The van der Waals surface area contributed by atoms with Crippen LogP contribution in [0.25, 0.3) is 0 Å². The molecule has 7 heteroatoms. The molecule has 0 aliphatic heterocycles. The molecule has 1 heterocycles. The van der Waals surface area contributed by atoms with Gasteiger partial charge in [-0.15, -0.1) is 0 Å². The fourth-order valence-corrected chi connectivity index (χ4v) is 5.27. The van der Waals surface area contributed by atoms with Gasteiger partial charge in [0, 0.05) is 24.6 Å². The van der Waals surface area contributed by atoms with E-state index in [1.807, 2.05) is 54.2 Å². The molecule has 0 bridgehead atoms. The van der Waals surface area contributed by atoms with Crippen LogP contribution >= 0.6 is 0 Å². The summed E-state index contributed by atoms with van der Waals surface area (Å²) in [6.07, 6.45) is 20.6. The van der Waals surface area contributed by atoms with Crippen molar-refractivity contribution in [3.63, 3.8) is 0 Å². The number of hydrogen-bond donors (Lipinski definition) is 0. The summed E-state index contributed by atoms with van der Waals surface area (Å²) in [5, 5.41) is 0. The minimum atomic E-state index is -0.369. The fraction of sp³-hybridized carbons (Fsp3) is 0.649. The number of aryl methyl sites for hydroxylation is 1. The third kappa shape index (κ3) is 15.7. The zero-order chi connectivity index (χ0) is 31.5. The molecule has 44 heavy (non-hydrogen) atoms. The minimum Gasteiger partial charge on any atom is -1.00 e. The number of nitrogens with zero attached hydrogens (tertiary/aromatic N) is 2. The van der Waals surface area contributed by atoms with Crippen LogP contribution in [-0.2, 0) is 28.6 Å². The van der Waals surface area contributed by atoms with Gasteiger partial charge in [-0.3, -0.25) is 14.5 Å². The second-order valence-corrected chi connectivity index (χ2v) is 12.9. The van der Waals surface area contributed by atoms with E-state index < -0.39 is 0 Å². The largest absolute Gasteiger partial charge is 1.00 e. The van der Waals surface area contributed by atoms with Gasteiger partial charge in [0.15, 0.2) is 12.8 Å². The Morgan fingerprint density at radius 3 is 1.89 bits per heavy atom. The summed E-state index contributed by atoms with van der Waals surface area (Å²) in [6, 6.07) is 11.5. The van der Waals surface area contributed by atoms with E-state index in [-0.39, 0.29) is 54.4 Å². The summed E-state index contributed by atoms with van der Waals surface area (Å²) in [4.78, 5) is 26.4. The molecular formula is C37H59IN2O4. The molecule has 0 aliphatic carbocycles. The number of rotatable bonds is 21. The van der Waals surface area contributed by atoms with Gasteiger partial charge in [0.05, 0.1) is 6.61 Å². The highest BCUT2D eigenvalue weighted by Gasteiger charge is 2.24. The standard InChI is InChI=1S/C37H59N2O4.HI/c1-7-8-9-10-11-12-13-14-15-16-17-18-19-22-27-42-35-25-24-33(28-34(35)37(3,4)5)43-30-36(41)39(31(2)40)29-32-23-20-21-26-38(32)6;/h20-21,23-26,28H,7-19,22,27,29-30H2,1-6H3;1H/q+1;/p-1. The molecular weight excluding hydrogens is 663 g/mol. The van der Waals surface area contributed by atoms with Gasteiger partial charge in [0.2, 0.25) is 11.6 Å². The monoisotopic (exact) mass is 722 g/mol. The number of benzene rings is 1. The molecule has 1 aromatic carbocycles. The average Bonchev–Trinajstić information content (AvgIpc) is 2.97. The summed E-state index contributed by atoms with van der Waals surface area (Å²) in [5.41, 5.74) is 1.76. The molecule has 6 nitrogen and oxygen atoms in total. The number of halogens is 1. The first kappa shape index (κ1) is 39.9. The molecule has 0 atom stereocenters. The molecule has 0 saturated carbocycles. The minimum absolute atomic E-state index is 0. The van der Waals surface area contributed by atoms with Gasteiger partial charge >= 0.3 is 0 Å². The third-order valence-electron chi connectivity index (χ3n) is 8.04. The lowest BCUT2D eigenvalue weighted by atomic mass is 9.86. The van der Waals surface area contributed by atoms with Gasteiger partial charge in [-0.2, -0.15) is 0 Å². The van der Waals surface area contributed by atoms with Crippen molar-refractivity contribution in [1.82, 2.24) is 4.90 Å². The van der Waals surface area contributed by atoms with E-state index in [1.54, 1.807) is 0 Å². The number of carbonyl (C=O) groups excluding carboxylic acids is 2. The number of ether oxygens (including phenoxy) is 2. The maximum absolute atomic E-state index is 12.9. The molecule has 0 saturated heterocycles. The van der Waals surface area contributed by atoms with Crippen LogP contribution in [0.4, 0.5) is 0 Å². The number of hydrogen-bond acceptors (Lipinski definition) is 4. The Balaban J connectivity index is 0.00000968. The second kappa shape index (κ2) is 22.4. The van der Waals surface area contributed by atoms with E-state index in [1.165, 1.54) is 95.3 Å². The molecule has 0 unspecified atom stereocenters. The van der Waals surface area contributed by atoms with Crippen molar-refractivity contribution >= 4 is 11.8 Å². The van der Waals surface area contributed by atoms with Crippen LogP contribution in [0.15, 0.2) is 42.6 Å². The van der Waals surface area contributed by atoms with Crippen molar-refractivity contribution < 1.29 is 47.6 Å². The lowest BCUT2D eigenvalue weighted by Gasteiger charge is -2.24. The van der Waals surface area contributed by atoms with Gasteiger partial charge in [-0.1, -0.05) is 117 Å². The predicted octanol–water partition coefficient (Wildman–Crippen LogP) is 5.63. The lowest BCUT2D eigenvalue weighted by Crippen LogP contribution is -3.00.